The third kappa shape index (κ3) is 3.65. The summed E-state index contributed by atoms with van der Waals surface area (Å²) >= 11 is 0. The Morgan fingerprint density at radius 1 is 1.28 bits per heavy atom. The van der Waals surface area contributed by atoms with E-state index < -0.39 is 17.7 Å². The normalized spacial score (nSPS) is 19.7. The van der Waals surface area contributed by atoms with Crippen molar-refractivity contribution in [2.45, 2.75) is 38.0 Å². The van der Waals surface area contributed by atoms with E-state index in [-0.39, 0.29) is 0 Å². The second-order valence-electron chi connectivity index (χ2n) is 7.67. The summed E-state index contributed by atoms with van der Waals surface area (Å²) in [6.07, 6.45) is -0.322. The zero-order valence-corrected chi connectivity index (χ0v) is 16.5. The van der Waals surface area contributed by atoms with Crippen molar-refractivity contribution in [2.75, 3.05) is 5.32 Å². The number of aliphatic hydroxyl groups excluding tert-OH is 1. The first-order valence-electron chi connectivity index (χ1n) is 9.36. The smallest absolute Gasteiger partial charge is 0.179 e. The molecule has 0 fully saturated rings. The van der Waals surface area contributed by atoms with Crippen LogP contribution < -0.4 is 10.1 Å². The molecule has 2 atom stereocenters. The number of rotatable bonds is 4. The fraction of sp³-hybridized carbons (Fsp3) is 0.333. The number of aliphatic hydroxyl groups is 1. The van der Waals surface area contributed by atoms with Gasteiger partial charge in [0, 0.05) is 17.7 Å². The Morgan fingerprint density at radius 2 is 2.07 bits per heavy atom. The minimum Gasteiger partial charge on any atom is -0.485 e. The molecule has 8 heteroatoms. The van der Waals surface area contributed by atoms with E-state index >= 15 is 0 Å². The van der Waals surface area contributed by atoms with E-state index in [0.717, 1.165) is 16.8 Å². The van der Waals surface area contributed by atoms with Gasteiger partial charge in [-0.05, 0) is 48.9 Å². The molecule has 0 saturated carbocycles. The molecule has 0 amide bonds. The number of nitrogens with one attached hydrogen (secondary N) is 1. The van der Waals surface area contributed by atoms with Gasteiger partial charge >= 0.3 is 0 Å². The molecule has 1 aliphatic heterocycles. The highest BCUT2D eigenvalue weighted by molar-refractivity contribution is 5.56. The highest BCUT2D eigenvalue weighted by atomic mass is 16.5. The Morgan fingerprint density at radius 3 is 2.79 bits per heavy atom. The van der Waals surface area contributed by atoms with Crippen LogP contribution in [0.2, 0.25) is 0 Å². The third-order valence-electron chi connectivity index (χ3n) is 5.10. The van der Waals surface area contributed by atoms with Crippen molar-refractivity contribution in [2.24, 2.45) is 7.05 Å². The van der Waals surface area contributed by atoms with Crippen LogP contribution in [0.25, 0.3) is 0 Å². The second-order valence-corrected chi connectivity index (χ2v) is 7.67. The van der Waals surface area contributed by atoms with Crippen LogP contribution in [0.5, 0.6) is 5.75 Å². The molecule has 1 aromatic heterocycles. The molecule has 0 radical (unpaired) electrons. The number of fused-ring (bicyclic) bond motifs is 1. The summed E-state index contributed by atoms with van der Waals surface area (Å²) in [5.41, 5.74) is 2.32. The molecule has 2 aromatic carbocycles. The van der Waals surface area contributed by atoms with Gasteiger partial charge in [0.2, 0.25) is 0 Å². The lowest BCUT2D eigenvalue weighted by molar-refractivity contribution is -0.0532. The summed E-state index contributed by atoms with van der Waals surface area (Å²) in [5.74, 6) is 1.27. The number of nitrogens with zero attached hydrogens (tertiary/aromatic N) is 5. The summed E-state index contributed by atoms with van der Waals surface area (Å²) in [6, 6.07) is 14.8. The number of aromatic nitrogens is 4. The molecule has 0 aliphatic carbocycles. The van der Waals surface area contributed by atoms with Crippen LogP contribution in [-0.4, -0.2) is 37.0 Å². The average Bonchev–Trinajstić information content (AvgIpc) is 3.11. The van der Waals surface area contributed by atoms with Crippen molar-refractivity contribution in [3.05, 3.63) is 65.0 Å². The fourth-order valence-electron chi connectivity index (χ4n) is 3.57. The standard InChI is InChI=1S/C21H22N6O2/c1-21(2)20(28)19(15-10-13(12-22)8-9-17(15)29-21)23-16-7-5-4-6-14(16)11-18-24-26-27(3)25-18/h4-10,19-20,23,28H,11H2,1-3H3/t19-,20+/m0/s1. The zero-order chi connectivity index (χ0) is 20.6. The quantitative estimate of drug-likeness (QED) is 0.704. The second kappa shape index (κ2) is 7.18. The summed E-state index contributed by atoms with van der Waals surface area (Å²) in [4.78, 5) is 1.43. The van der Waals surface area contributed by atoms with Crippen LogP contribution in [0, 0.1) is 11.3 Å². The van der Waals surface area contributed by atoms with E-state index in [9.17, 15) is 10.4 Å². The molecule has 3 aromatic rings. The molecular formula is C21H22N6O2. The van der Waals surface area contributed by atoms with Gasteiger partial charge in [-0.25, -0.2) is 0 Å². The number of ether oxygens (including phenoxy) is 1. The molecule has 4 rings (SSSR count). The number of benzene rings is 2. The first kappa shape index (κ1) is 18.9. The Balaban J connectivity index is 1.71. The highest BCUT2D eigenvalue weighted by Crippen LogP contribution is 2.42. The van der Waals surface area contributed by atoms with Crippen LogP contribution >= 0.6 is 0 Å². The average molecular weight is 390 g/mol. The molecule has 0 unspecified atom stereocenters. The molecule has 2 heterocycles. The molecule has 1 aliphatic rings. The van der Waals surface area contributed by atoms with Crippen LogP contribution in [0.3, 0.4) is 0 Å². The number of para-hydroxylation sites is 1. The first-order chi connectivity index (χ1) is 13.9. The van der Waals surface area contributed by atoms with E-state index in [2.05, 4.69) is 26.8 Å². The maximum Gasteiger partial charge on any atom is 0.179 e. The number of tetrazole rings is 1. The predicted octanol–water partition coefficient (Wildman–Crippen LogP) is 2.36. The number of nitriles is 1. The van der Waals surface area contributed by atoms with Crippen LogP contribution in [0.15, 0.2) is 42.5 Å². The van der Waals surface area contributed by atoms with E-state index in [1.807, 2.05) is 38.1 Å². The van der Waals surface area contributed by atoms with Gasteiger partial charge in [-0.15, -0.1) is 10.2 Å². The number of anilines is 1. The Kier molecular flexibility index (Phi) is 4.68. The van der Waals surface area contributed by atoms with Gasteiger partial charge in [-0.1, -0.05) is 18.2 Å². The third-order valence-corrected chi connectivity index (χ3v) is 5.10. The molecule has 2 N–H and O–H groups in total. The number of hydrogen-bond acceptors (Lipinski definition) is 7. The minimum atomic E-state index is -0.827. The minimum absolute atomic E-state index is 0.446. The van der Waals surface area contributed by atoms with Crippen molar-refractivity contribution in [3.63, 3.8) is 0 Å². The van der Waals surface area contributed by atoms with Gasteiger partial charge in [0.05, 0.1) is 24.7 Å². The van der Waals surface area contributed by atoms with Crippen molar-refractivity contribution in [1.82, 2.24) is 20.2 Å². The van der Waals surface area contributed by atoms with Crippen LogP contribution in [0.4, 0.5) is 5.69 Å². The molecule has 0 spiro atoms. The molecular weight excluding hydrogens is 368 g/mol. The maximum absolute atomic E-state index is 11.0. The molecule has 0 bridgehead atoms. The van der Waals surface area contributed by atoms with Gasteiger partial charge in [-0.2, -0.15) is 10.1 Å². The van der Waals surface area contributed by atoms with Gasteiger partial charge in [0.1, 0.15) is 17.5 Å². The van der Waals surface area contributed by atoms with E-state index in [1.54, 1.807) is 25.2 Å². The molecule has 148 valence electrons. The highest BCUT2D eigenvalue weighted by Gasteiger charge is 2.43. The van der Waals surface area contributed by atoms with Crippen molar-refractivity contribution >= 4 is 5.69 Å². The van der Waals surface area contributed by atoms with Crippen LogP contribution in [-0.2, 0) is 13.5 Å². The monoisotopic (exact) mass is 390 g/mol. The predicted molar refractivity (Wildman–Crippen MR) is 106 cm³/mol. The fourth-order valence-corrected chi connectivity index (χ4v) is 3.57. The largest absolute Gasteiger partial charge is 0.485 e. The Labute approximate surface area is 168 Å². The van der Waals surface area contributed by atoms with Gasteiger partial charge in [-0.3, -0.25) is 0 Å². The van der Waals surface area contributed by atoms with Crippen molar-refractivity contribution < 1.29 is 9.84 Å². The Hall–Kier alpha value is -3.44. The molecule has 29 heavy (non-hydrogen) atoms. The van der Waals surface area contributed by atoms with Crippen LogP contribution in [0.1, 0.15) is 42.4 Å². The van der Waals surface area contributed by atoms with E-state index in [1.165, 1.54) is 4.80 Å². The summed E-state index contributed by atoms with van der Waals surface area (Å²) in [7, 11) is 1.73. The lowest BCUT2D eigenvalue weighted by Gasteiger charge is -2.42. The number of aryl methyl sites for hydroxylation is 1. The van der Waals surface area contributed by atoms with Crippen molar-refractivity contribution in [1.29, 1.82) is 5.26 Å². The SMILES string of the molecule is Cn1nnc(Cc2ccccc2N[C@H]2c3cc(C#N)ccc3OC(C)(C)[C@@H]2O)n1. The topological polar surface area (TPSA) is 109 Å². The van der Waals surface area contributed by atoms with Gasteiger partial charge in [0.25, 0.3) is 0 Å². The Bertz CT molecular complexity index is 1080. The molecule has 8 nitrogen and oxygen atoms in total. The van der Waals surface area contributed by atoms with Crippen molar-refractivity contribution in [3.8, 4) is 11.8 Å². The zero-order valence-electron chi connectivity index (χ0n) is 16.5. The number of hydrogen-bond donors (Lipinski definition) is 2. The van der Waals surface area contributed by atoms with E-state index in [0.29, 0.717) is 23.6 Å². The summed E-state index contributed by atoms with van der Waals surface area (Å²) in [6.45, 7) is 3.70. The lowest BCUT2D eigenvalue weighted by atomic mass is 9.85. The maximum atomic E-state index is 11.0. The van der Waals surface area contributed by atoms with E-state index in [4.69, 9.17) is 4.74 Å². The van der Waals surface area contributed by atoms with Gasteiger partial charge in [0.15, 0.2) is 5.82 Å². The molecule has 0 saturated heterocycles. The summed E-state index contributed by atoms with van der Waals surface area (Å²) < 4.78 is 6.00. The summed E-state index contributed by atoms with van der Waals surface area (Å²) in [5, 5.41) is 36.0. The lowest BCUT2D eigenvalue weighted by Crippen LogP contribution is -2.50. The van der Waals surface area contributed by atoms with Gasteiger partial charge < -0.3 is 15.2 Å². The first-order valence-corrected chi connectivity index (χ1v) is 9.36.